The van der Waals surface area contributed by atoms with E-state index in [1.807, 2.05) is 0 Å². The fraction of sp³-hybridized carbons (Fsp3) is 0.143. The molecule has 0 saturated heterocycles. The van der Waals surface area contributed by atoms with Crippen molar-refractivity contribution in [3.63, 3.8) is 0 Å². The van der Waals surface area contributed by atoms with Crippen LogP contribution in [0.25, 0.3) is 5.57 Å². The molecule has 0 aliphatic heterocycles. The van der Waals surface area contributed by atoms with Gasteiger partial charge in [-0.3, -0.25) is 9.59 Å². The summed E-state index contributed by atoms with van der Waals surface area (Å²) >= 11 is 0. The van der Waals surface area contributed by atoms with E-state index in [0.29, 0.717) is 22.6 Å². The van der Waals surface area contributed by atoms with Gasteiger partial charge in [0.15, 0.2) is 11.6 Å². The smallest absolute Gasteiger partial charge is 0.186 e. The van der Waals surface area contributed by atoms with Gasteiger partial charge >= 0.3 is 0 Å². The maximum atomic E-state index is 11.8. The van der Waals surface area contributed by atoms with Gasteiger partial charge in [0.05, 0.1) is 14.2 Å². The second-order valence-electron chi connectivity index (χ2n) is 3.72. The van der Waals surface area contributed by atoms with Crippen molar-refractivity contribution in [2.24, 2.45) is 0 Å². The van der Waals surface area contributed by atoms with Gasteiger partial charge in [-0.25, -0.2) is 0 Å². The SMILES string of the molecule is COc1ccc(C2=CC(=O)C=CC2=O)c(OC)c1. The van der Waals surface area contributed by atoms with E-state index >= 15 is 0 Å². The Morgan fingerprint density at radius 3 is 2.44 bits per heavy atom. The minimum atomic E-state index is -0.210. The third kappa shape index (κ3) is 2.18. The lowest BCUT2D eigenvalue weighted by molar-refractivity contribution is -0.113. The number of carbonyl (C=O) groups is 2. The van der Waals surface area contributed by atoms with E-state index in [1.165, 1.54) is 25.3 Å². The first-order valence-electron chi connectivity index (χ1n) is 5.36. The second kappa shape index (κ2) is 4.87. The highest BCUT2D eigenvalue weighted by molar-refractivity contribution is 6.34. The molecule has 0 saturated carbocycles. The molecule has 92 valence electrons. The zero-order chi connectivity index (χ0) is 13.1. The van der Waals surface area contributed by atoms with E-state index in [9.17, 15) is 9.59 Å². The van der Waals surface area contributed by atoms with Crippen LogP contribution in [0, 0.1) is 0 Å². The number of carbonyl (C=O) groups excluding carboxylic acids is 2. The Morgan fingerprint density at radius 2 is 1.78 bits per heavy atom. The van der Waals surface area contributed by atoms with Crippen molar-refractivity contribution >= 4 is 17.1 Å². The molecule has 0 bridgehead atoms. The predicted octanol–water partition coefficient (Wildman–Crippen LogP) is 1.80. The largest absolute Gasteiger partial charge is 0.497 e. The average molecular weight is 244 g/mol. The van der Waals surface area contributed by atoms with Crippen molar-refractivity contribution in [2.45, 2.75) is 0 Å². The van der Waals surface area contributed by atoms with Crippen LogP contribution in [0.4, 0.5) is 0 Å². The molecule has 18 heavy (non-hydrogen) atoms. The first kappa shape index (κ1) is 12.1. The fourth-order valence-electron chi connectivity index (χ4n) is 1.74. The van der Waals surface area contributed by atoms with E-state index in [1.54, 1.807) is 25.3 Å². The molecular weight excluding hydrogens is 232 g/mol. The summed E-state index contributed by atoms with van der Waals surface area (Å²) in [6, 6.07) is 5.09. The van der Waals surface area contributed by atoms with Gasteiger partial charge in [-0.2, -0.15) is 0 Å². The standard InChI is InChI=1S/C14H12O4/c1-17-10-4-5-11(14(8-10)18-2)12-7-9(15)3-6-13(12)16/h3-8H,1-2H3. The minimum Gasteiger partial charge on any atom is -0.497 e. The molecule has 1 aromatic rings. The highest BCUT2D eigenvalue weighted by Crippen LogP contribution is 2.31. The quantitative estimate of drug-likeness (QED) is 0.761. The highest BCUT2D eigenvalue weighted by atomic mass is 16.5. The summed E-state index contributed by atoms with van der Waals surface area (Å²) in [6.07, 6.45) is 3.83. The summed E-state index contributed by atoms with van der Waals surface area (Å²) in [5.41, 5.74) is 0.919. The Labute approximate surface area is 105 Å². The van der Waals surface area contributed by atoms with E-state index < -0.39 is 0 Å². The normalized spacial score (nSPS) is 14.4. The van der Waals surface area contributed by atoms with Crippen molar-refractivity contribution in [3.05, 3.63) is 42.0 Å². The van der Waals surface area contributed by atoms with Crippen LogP contribution >= 0.6 is 0 Å². The van der Waals surface area contributed by atoms with Gasteiger partial charge in [0.25, 0.3) is 0 Å². The molecular formula is C14H12O4. The number of benzene rings is 1. The molecule has 0 amide bonds. The number of hydrogen-bond donors (Lipinski definition) is 0. The summed E-state index contributed by atoms with van der Waals surface area (Å²) in [4.78, 5) is 23.1. The van der Waals surface area contributed by atoms with Crippen LogP contribution in [0.2, 0.25) is 0 Å². The molecule has 0 aromatic heterocycles. The molecule has 0 atom stereocenters. The predicted molar refractivity (Wildman–Crippen MR) is 66.7 cm³/mol. The van der Waals surface area contributed by atoms with E-state index in [4.69, 9.17) is 9.47 Å². The monoisotopic (exact) mass is 244 g/mol. The van der Waals surface area contributed by atoms with E-state index in [-0.39, 0.29) is 11.6 Å². The average Bonchev–Trinajstić information content (AvgIpc) is 2.41. The molecule has 0 N–H and O–H groups in total. The van der Waals surface area contributed by atoms with Crippen LogP contribution in [0.1, 0.15) is 5.56 Å². The molecule has 4 heteroatoms. The lowest BCUT2D eigenvalue weighted by atomic mass is 9.95. The first-order valence-corrected chi connectivity index (χ1v) is 5.36. The molecule has 1 aliphatic rings. The first-order chi connectivity index (χ1) is 8.65. The van der Waals surface area contributed by atoms with Crippen LogP contribution in [-0.2, 0) is 9.59 Å². The van der Waals surface area contributed by atoms with Crippen LogP contribution in [0.5, 0.6) is 11.5 Å². The Bertz CT molecular complexity index is 567. The van der Waals surface area contributed by atoms with Gasteiger partial charge in [-0.15, -0.1) is 0 Å². The van der Waals surface area contributed by atoms with Gasteiger partial charge in [-0.1, -0.05) is 0 Å². The number of ketones is 2. The Balaban J connectivity index is 2.51. The summed E-state index contributed by atoms with van der Waals surface area (Å²) in [6.45, 7) is 0. The number of rotatable bonds is 3. The topological polar surface area (TPSA) is 52.6 Å². The Morgan fingerprint density at radius 1 is 1.00 bits per heavy atom. The van der Waals surface area contributed by atoms with Crippen molar-refractivity contribution in [3.8, 4) is 11.5 Å². The summed E-state index contributed by atoms with van der Waals surface area (Å²) < 4.78 is 10.3. The molecule has 1 aromatic carbocycles. The minimum absolute atomic E-state index is 0.206. The molecule has 2 rings (SSSR count). The van der Waals surface area contributed by atoms with Crippen molar-refractivity contribution in [2.75, 3.05) is 14.2 Å². The second-order valence-corrected chi connectivity index (χ2v) is 3.72. The Kier molecular flexibility index (Phi) is 3.28. The zero-order valence-electron chi connectivity index (χ0n) is 10.1. The fourth-order valence-corrected chi connectivity index (χ4v) is 1.74. The van der Waals surface area contributed by atoms with Crippen LogP contribution < -0.4 is 9.47 Å². The van der Waals surface area contributed by atoms with Gasteiger partial charge in [0, 0.05) is 17.2 Å². The lowest BCUT2D eigenvalue weighted by Gasteiger charge is -2.12. The number of allylic oxidation sites excluding steroid dienone is 4. The third-order valence-electron chi connectivity index (χ3n) is 2.65. The molecule has 0 spiro atoms. The number of hydrogen-bond acceptors (Lipinski definition) is 4. The van der Waals surface area contributed by atoms with Gasteiger partial charge in [-0.05, 0) is 30.4 Å². The number of methoxy groups -OCH3 is 2. The third-order valence-corrected chi connectivity index (χ3v) is 2.65. The zero-order valence-corrected chi connectivity index (χ0v) is 10.1. The van der Waals surface area contributed by atoms with Crippen molar-refractivity contribution in [1.82, 2.24) is 0 Å². The van der Waals surface area contributed by atoms with E-state index in [0.717, 1.165) is 0 Å². The van der Waals surface area contributed by atoms with Crippen molar-refractivity contribution < 1.29 is 19.1 Å². The summed E-state index contributed by atoms with van der Waals surface area (Å²) in [5, 5.41) is 0. The molecule has 0 heterocycles. The molecule has 1 aliphatic carbocycles. The van der Waals surface area contributed by atoms with Gasteiger partial charge in [0.1, 0.15) is 11.5 Å². The maximum absolute atomic E-state index is 11.8. The Hall–Kier alpha value is -2.36. The number of ether oxygens (including phenoxy) is 2. The van der Waals surface area contributed by atoms with Gasteiger partial charge < -0.3 is 9.47 Å². The van der Waals surface area contributed by atoms with Crippen LogP contribution in [0.15, 0.2) is 36.4 Å². The molecule has 0 fully saturated rings. The van der Waals surface area contributed by atoms with Crippen LogP contribution in [-0.4, -0.2) is 25.8 Å². The highest BCUT2D eigenvalue weighted by Gasteiger charge is 2.18. The maximum Gasteiger partial charge on any atom is 0.186 e. The van der Waals surface area contributed by atoms with Gasteiger partial charge in [0.2, 0.25) is 0 Å². The molecule has 4 nitrogen and oxygen atoms in total. The summed E-state index contributed by atoms with van der Waals surface area (Å²) in [7, 11) is 3.05. The summed E-state index contributed by atoms with van der Waals surface area (Å²) in [5.74, 6) is 0.707. The molecule has 0 radical (unpaired) electrons. The van der Waals surface area contributed by atoms with E-state index in [2.05, 4.69) is 0 Å². The lowest BCUT2D eigenvalue weighted by Crippen LogP contribution is -2.07. The molecule has 0 unspecified atom stereocenters. The van der Waals surface area contributed by atoms with Crippen molar-refractivity contribution in [1.29, 1.82) is 0 Å². The van der Waals surface area contributed by atoms with Crippen LogP contribution in [0.3, 0.4) is 0 Å².